The molecule has 0 amide bonds. The average molecular weight is 438 g/mol. The fraction of sp³-hybridized carbons (Fsp3) is 0.333. The highest BCUT2D eigenvalue weighted by molar-refractivity contribution is 5.14. The molecule has 1 aromatic heterocycles. The van der Waals surface area contributed by atoms with Gasteiger partial charge in [0.15, 0.2) is 6.23 Å². The Bertz CT molecular complexity index is 1100. The summed E-state index contributed by atoms with van der Waals surface area (Å²) in [7, 11) is 1.55. The zero-order valence-corrected chi connectivity index (χ0v) is 17.8. The smallest absolute Gasteiger partial charge is 0.330 e. The standard InChI is InChI=1S/C24H26N2O6/c1-29-22-21(31-15-18-10-6-3-7-11-18)19(16-30-14-17-8-4-2-5-9-17)32-23(22)26-13-12-20(27)25-24(26)28/h2-13,19,21-23H,14-16H2,1H3,(H,25,27,28)/t19-,21-,22-,23-/m1/s1. The summed E-state index contributed by atoms with van der Waals surface area (Å²) in [6.45, 7) is 1.03. The molecule has 8 nitrogen and oxygen atoms in total. The summed E-state index contributed by atoms with van der Waals surface area (Å²) < 4.78 is 25.3. The molecule has 0 unspecified atom stereocenters. The van der Waals surface area contributed by atoms with Crippen molar-refractivity contribution in [1.82, 2.24) is 9.55 Å². The van der Waals surface area contributed by atoms with Gasteiger partial charge in [-0.1, -0.05) is 60.7 Å². The van der Waals surface area contributed by atoms with Crippen LogP contribution in [-0.2, 0) is 32.2 Å². The van der Waals surface area contributed by atoms with Gasteiger partial charge in [0.1, 0.15) is 18.3 Å². The van der Waals surface area contributed by atoms with Crippen molar-refractivity contribution >= 4 is 0 Å². The number of hydrogen-bond acceptors (Lipinski definition) is 6. The maximum atomic E-state index is 12.4. The molecule has 8 heteroatoms. The molecular weight excluding hydrogens is 412 g/mol. The predicted molar refractivity (Wildman–Crippen MR) is 117 cm³/mol. The lowest BCUT2D eigenvalue weighted by Gasteiger charge is -2.24. The lowest BCUT2D eigenvalue weighted by molar-refractivity contribution is -0.0836. The topological polar surface area (TPSA) is 91.8 Å². The van der Waals surface area contributed by atoms with Gasteiger partial charge in [-0.15, -0.1) is 0 Å². The van der Waals surface area contributed by atoms with Gasteiger partial charge in [0.2, 0.25) is 0 Å². The minimum absolute atomic E-state index is 0.253. The van der Waals surface area contributed by atoms with Crippen LogP contribution >= 0.6 is 0 Å². The summed E-state index contributed by atoms with van der Waals surface area (Å²) in [6.07, 6.45) is -0.904. The number of methoxy groups -OCH3 is 1. The van der Waals surface area contributed by atoms with E-state index in [9.17, 15) is 9.59 Å². The van der Waals surface area contributed by atoms with Crippen molar-refractivity contribution in [3.63, 3.8) is 0 Å². The van der Waals surface area contributed by atoms with E-state index < -0.39 is 35.8 Å². The first-order chi connectivity index (χ1) is 15.7. The minimum Gasteiger partial charge on any atom is -0.374 e. The van der Waals surface area contributed by atoms with Crippen LogP contribution < -0.4 is 11.2 Å². The van der Waals surface area contributed by atoms with Crippen LogP contribution in [0.25, 0.3) is 0 Å². The van der Waals surface area contributed by atoms with Gasteiger partial charge in [-0.2, -0.15) is 0 Å². The SMILES string of the molecule is CO[C@@H]1[C@H](OCc2ccccc2)[C@@H](COCc2ccccc2)O[C@H]1n1ccc(=O)[nH]c1=O. The van der Waals surface area contributed by atoms with Crippen molar-refractivity contribution < 1.29 is 18.9 Å². The third kappa shape index (κ3) is 5.23. The summed E-state index contributed by atoms with van der Waals surface area (Å²) in [5, 5.41) is 0. The Morgan fingerprint density at radius 1 is 0.906 bits per heavy atom. The normalized spacial score (nSPS) is 22.8. The third-order valence-electron chi connectivity index (χ3n) is 5.36. The molecule has 0 spiro atoms. The minimum atomic E-state index is -0.768. The number of ether oxygens (including phenoxy) is 4. The largest absolute Gasteiger partial charge is 0.374 e. The van der Waals surface area contributed by atoms with Crippen LogP contribution in [0.3, 0.4) is 0 Å². The second-order valence-corrected chi connectivity index (χ2v) is 7.54. The molecule has 1 N–H and O–H groups in total. The zero-order chi connectivity index (χ0) is 22.3. The molecule has 1 saturated heterocycles. The number of rotatable bonds is 9. The molecule has 2 aromatic carbocycles. The van der Waals surface area contributed by atoms with E-state index in [2.05, 4.69) is 4.98 Å². The van der Waals surface area contributed by atoms with Crippen molar-refractivity contribution in [2.45, 2.75) is 37.8 Å². The van der Waals surface area contributed by atoms with Crippen molar-refractivity contribution in [3.8, 4) is 0 Å². The van der Waals surface area contributed by atoms with Crippen molar-refractivity contribution in [2.24, 2.45) is 0 Å². The van der Waals surface area contributed by atoms with Gasteiger partial charge in [0.05, 0.1) is 19.8 Å². The van der Waals surface area contributed by atoms with E-state index >= 15 is 0 Å². The maximum Gasteiger partial charge on any atom is 0.330 e. The summed E-state index contributed by atoms with van der Waals surface area (Å²) in [4.78, 5) is 26.1. The van der Waals surface area contributed by atoms with Crippen LogP contribution in [0.15, 0.2) is 82.5 Å². The number of hydrogen-bond donors (Lipinski definition) is 1. The van der Waals surface area contributed by atoms with Crippen molar-refractivity contribution in [2.75, 3.05) is 13.7 Å². The van der Waals surface area contributed by atoms with E-state index in [0.29, 0.717) is 13.2 Å². The molecule has 168 valence electrons. The van der Waals surface area contributed by atoms with Crippen LogP contribution in [0.1, 0.15) is 17.4 Å². The molecule has 2 heterocycles. The van der Waals surface area contributed by atoms with E-state index in [0.717, 1.165) is 11.1 Å². The molecule has 0 aliphatic carbocycles. The monoisotopic (exact) mass is 438 g/mol. The van der Waals surface area contributed by atoms with Crippen LogP contribution in [0, 0.1) is 0 Å². The molecule has 1 aliphatic heterocycles. The molecule has 0 bridgehead atoms. The molecule has 4 rings (SSSR count). The first-order valence-corrected chi connectivity index (χ1v) is 10.4. The second-order valence-electron chi connectivity index (χ2n) is 7.54. The molecular formula is C24H26N2O6. The third-order valence-corrected chi connectivity index (χ3v) is 5.36. The summed E-state index contributed by atoms with van der Waals surface area (Å²) in [5.74, 6) is 0. The number of nitrogens with one attached hydrogen (secondary N) is 1. The second kappa shape index (κ2) is 10.5. The molecule has 4 atom stereocenters. The molecule has 0 radical (unpaired) electrons. The van der Waals surface area contributed by atoms with E-state index in [1.54, 1.807) is 7.11 Å². The van der Waals surface area contributed by atoms with Gasteiger partial charge in [-0.05, 0) is 11.1 Å². The highest BCUT2D eigenvalue weighted by atomic mass is 16.6. The number of H-pyrrole nitrogens is 1. The molecule has 32 heavy (non-hydrogen) atoms. The maximum absolute atomic E-state index is 12.4. The van der Waals surface area contributed by atoms with Gasteiger partial charge < -0.3 is 18.9 Å². The average Bonchev–Trinajstić information content (AvgIpc) is 3.16. The molecule has 3 aromatic rings. The Kier molecular flexibility index (Phi) is 7.28. The molecule has 0 saturated carbocycles. The van der Waals surface area contributed by atoms with Crippen molar-refractivity contribution in [3.05, 3.63) is 105 Å². The Morgan fingerprint density at radius 2 is 1.56 bits per heavy atom. The number of nitrogens with zero attached hydrogens (tertiary/aromatic N) is 1. The van der Waals surface area contributed by atoms with Gasteiger partial charge in [-0.3, -0.25) is 14.3 Å². The highest BCUT2D eigenvalue weighted by Crippen LogP contribution is 2.33. The van der Waals surface area contributed by atoms with Crippen LogP contribution in [0.4, 0.5) is 0 Å². The fourth-order valence-electron chi connectivity index (χ4n) is 3.78. The van der Waals surface area contributed by atoms with E-state index in [1.165, 1.54) is 16.8 Å². The quantitative estimate of drug-likeness (QED) is 0.551. The molecule has 1 aliphatic rings. The first kappa shape index (κ1) is 22.2. The Morgan fingerprint density at radius 3 is 2.19 bits per heavy atom. The predicted octanol–water partition coefficient (Wildman–Crippen LogP) is 2.25. The summed E-state index contributed by atoms with van der Waals surface area (Å²) in [5.41, 5.74) is 1.01. The number of benzene rings is 2. The van der Waals surface area contributed by atoms with Gasteiger partial charge in [0.25, 0.3) is 5.56 Å². The lowest BCUT2D eigenvalue weighted by Crippen LogP contribution is -2.40. The van der Waals surface area contributed by atoms with E-state index in [-0.39, 0.29) is 6.61 Å². The summed E-state index contributed by atoms with van der Waals surface area (Å²) in [6, 6.07) is 20.9. The molecule has 1 fully saturated rings. The highest BCUT2D eigenvalue weighted by Gasteiger charge is 2.47. The fourth-order valence-corrected chi connectivity index (χ4v) is 3.78. The van der Waals surface area contributed by atoms with Crippen LogP contribution in [-0.4, -0.2) is 41.6 Å². The Hall–Kier alpha value is -3.04. The lowest BCUT2D eigenvalue weighted by atomic mass is 10.1. The number of aromatic amines is 1. The van der Waals surface area contributed by atoms with E-state index in [1.807, 2.05) is 60.7 Å². The van der Waals surface area contributed by atoms with Crippen molar-refractivity contribution in [1.29, 1.82) is 0 Å². The summed E-state index contributed by atoms with van der Waals surface area (Å²) >= 11 is 0. The Balaban J connectivity index is 1.52. The van der Waals surface area contributed by atoms with Gasteiger partial charge in [-0.25, -0.2) is 4.79 Å². The number of aromatic nitrogens is 2. The van der Waals surface area contributed by atoms with Crippen LogP contribution in [0.2, 0.25) is 0 Å². The van der Waals surface area contributed by atoms with Gasteiger partial charge in [0, 0.05) is 19.4 Å². The first-order valence-electron chi connectivity index (χ1n) is 10.4. The van der Waals surface area contributed by atoms with Crippen LogP contribution in [0.5, 0.6) is 0 Å². The Labute approximate surface area is 185 Å². The zero-order valence-electron chi connectivity index (χ0n) is 17.8. The van der Waals surface area contributed by atoms with Gasteiger partial charge >= 0.3 is 5.69 Å². The van der Waals surface area contributed by atoms with E-state index in [4.69, 9.17) is 18.9 Å².